The van der Waals surface area contributed by atoms with Crippen LogP contribution in [0, 0.1) is 5.92 Å². The molecule has 1 aromatic heterocycles. The van der Waals surface area contributed by atoms with Gasteiger partial charge >= 0.3 is 0 Å². The minimum absolute atomic E-state index is 0.228. The number of hydrogen-bond acceptors (Lipinski definition) is 4. The molecule has 112 valence electrons. The van der Waals surface area contributed by atoms with Gasteiger partial charge in [0.1, 0.15) is 11.6 Å². The molecule has 3 heterocycles. The van der Waals surface area contributed by atoms with Crippen molar-refractivity contribution in [2.75, 3.05) is 13.1 Å². The first-order chi connectivity index (χ1) is 9.63. The highest BCUT2D eigenvalue weighted by Gasteiger charge is 2.25. The molecule has 3 rings (SSSR count). The first-order valence-electron chi connectivity index (χ1n) is 7.96. The topological polar surface area (TPSA) is 54.2 Å². The smallest absolute Gasteiger partial charge is 0.135 e. The molecule has 1 unspecified atom stereocenters. The zero-order chi connectivity index (χ0) is 14.1. The van der Waals surface area contributed by atoms with Crippen molar-refractivity contribution < 1.29 is 5.11 Å². The van der Waals surface area contributed by atoms with Crippen molar-refractivity contribution in [3.63, 3.8) is 0 Å². The maximum atomic E-state index is 9.68. The van der Waals surface area contributed by atoms with Gasteiger partial charge in [-0.3, -0.25) is 0 Å². The highest BCUT2D eigenvalue weighted by molar-refractivity contribution is 5.02. The number of aromatic nitrogens is 3. The third kappa shape index (κ3) is 2.88. The van der Waals surface area contributed by atoms with Crippen LogP contribution in [0.25, 0.3) is 0 Å². The van der Waals surface area contributed by atoms with Crippen molar-refractivity contribution >= 4 is 0 Å². The number of aliphatic hydroxyl groups excluding tert-OH is 1. The van der Waals surface area contributed by atoms with Crippen molar-refractivity contribution in [3.8, 4) is 0 Å². The Kier molecular flexibility index (Phi) is 4.08. The van der Waals surface area contributed by atoms with Crippen LogP contribution in [0.1, 0.15) is 44.8 Å². The van der Waals surface area contributed by atoms with E-state index in [9.17, 15) is 5.11 Å². The zero-order valence-corrected chi connectivity index (χ0v) is 12.6. The fourth-order valence-corrected chi connectivity index (χ4v) is 3.46. The van der Waals surface area contributed by atoms with Gasteiger partial charge in [0.05, 0.1) is 6.10 Å². The Labute approximate surface area is 121 Å². The number of fused-ring (bicyclic) bond motifs is 1. The van der Waals surface area contributed by atoms with Crippen molar-refractivity contribution in [2.24, 2.45) is 5.92 Å². The summed E-state index contributed by atoms with van der Waals surface area (Å²) in [5.41, 5.74) is 0. The molecule has 0 bridgehead atoms. The summed E-state index contributed by atoms with van der Waals surface area (Å²) in [6.07, 6.45) is 4.86. The molecule has 2 aliphatic rings. The Bertz CT molecular complexity index is 449. The van der Waals surface area contributed by atoms with E-state index in [4.69, 9.17) is 0 Å². The molecule has 5 nitrogen and oxygen atoms in total. The van der Waals surface area contributed by atoms with Gasteiger partial charge in [-0.25, -0.2) is 0 Å². The summed E-state index contributed by atoms with van der Waals surface area (Å²) in [7, 11) is 0. The van der Waals surface area contributed by atoms with Crippen LogP contribution >= 0.6 is 0 Å². The van der Waals surface area contributed by atoms with Crippen LogP contribution in [0.5, 0.6) is 0 Å². The predicted octanol–water partition coefficient (Wildman–Crippen LogP) is 1.25. The lowest BCUT2D eigenvalue weighted by Gasteiger charge is -2.34. The Morgan fingerprint density at radius 1 is 1.15 bits per heavy atom. The Morgan fingerprint density at radius 2 is 1.90 bits per heavy atom. The molecule has 0 aliphatic carbocycles. The maximum Gasteiger partial charge on any atom is 0.135 e. The number of aliphatic hydroxyl groups is 1. The molecular formula is C15H26N4O. The molecule has 0 amide bonds. The van der Waals surface area contributed by atoms with Gasteiger partial charge < -0.3 is 14.6 Å². The quantitative estimate of drug-likeness (QED) is 0.904. The molecule has 5 heteroatoms. The lowest BCUT2D eigenvalue weighted by molar-refractivity contribution is 0.138. The average Bonchev–Trinajstić information content (AvgIpc) is 2.81. The van der Waals surface area contributed by atoms with Gasteiger partial charge in [-0.05, 0) is 52.1 Å². The van der Waals surface area contributed by atoms with Gasteiger partial charge in [0.15, 0.2) is 0 Å². The van der Waals surface area contributed by atoms with E-state index in [1.165, 1.54) is 25.9 Å². The standard InChI is InChI=1S/C15H26N4O/c1-11(2)18-6-3-12(4-7-18)9-14-16-17-15-10-13(20)5-8-19(14)15/h11-13,20H,3-10H2,1-2H3. The van der Waals surface area contributed by atoms with Gasteiger partial charge in [0.25, 0.3) is 0 Å². The van der Waals surface area contributed by atoms with Crippen LogP contribution in [0.3, 0.4) is 0 Å². The second-order valence-corrected chi connectivity index (χ2v) is 6.61. The number of rotatable bonds is 3. The van der Waals surface area contributed by atoms with Crippen molar-refractivity contribution in [3.05, 3.63) is 11.6 Å². The second kappa shape index (κ2) is 5.82. The van der Waals surface area contributed by atoms with Gasteiger partial charge in [-0.1, -0.05) is 0 Å². The largest absolute Gasteiger partial charge is 0.393 e. The number of hydrogen-bond donors (Lipinski definition) is 1. The van der Waals surface area contributed by atoms with Crippen LogP contribution in [0.2, 0.25) is 0 Å². The van der Waals surface area contributed by atoms with E-state index >= 15 is 0 Å². The van der Waals surface area contributed by atoms with E-state index in [0.29, 0.717) is 12.5 Å². The maximum absolute atomic E-state index is 9.68. The SMILES string of the molecule is CC(C)N1CCC(Cc2nnc3n2CCC(O)C3)CC1. The van der Waals surface area contributed by atoms with Gasteiger partial charge in [-0.2, -0.15) is 0 Å². The summed E-state index contributed by atoms with van der Waals surface area (Å²) in [5.74, 6) is 2.85. The number of piperidine rings is 1. The molecule has 1 atom stereocenters. The van der Waals surface area contributed by atoms with E-state index in [-0.39, 0.29) is 6.10 Å². The van der Waals surface area contributed by atoms with E-state index in [1.54, 1.807) is 0 Å². The van der Waals surface area contributed by atoms with Crippen molar-refractivity contribution in [1.29, 1.82) is 0 Å². The molecule has 2 aliphatic heterocycles. The first-order valence-corrected chi connectivity index (χ1v) is 7.96. The van der Waals surface area contributed by atoms with Gasteiger partial charge in [-0.15, -0.1) is 10.2 Å². The lowest BCUT2D eigenvalue weighted by Crippen LogP contribution is -2.39. The molecule has 1 saturated heterocycles. The fourth-order valence-electron chi connectivity index (χ4n) is 3.46. The van der Waals surface area contributed by atoms with E-state index in [0.717, 1.165) is 37.0 Å². The van der Waals surface area contributed by atoms with Crippen LogP contribution < -0.4 is 0 Å². The van der Waals surface area contributed by atoms with E-state index in [1.807, 2.05) is 0 Å². The summed E-state index contributed by atoms with van der Waals surface area (Å²) < 4.78 is 2.24. The van der Waals surface area contributed by atoms with E-state index in [2.05, 4.69) is 33.5 Å². The fraction of sp³-hybridized carbons (Fsp3) is 0.867. The summed E-state index contributed by atoms with van der Waals surface area (Å²) in [6, 6.07) is 0.665. The summed E-state index contributed by atoms with van der Waals surface area (Å²) >= 11 is 0. The molecule has 20 heavy (non-hydrogen) atoms. The lowest BCUT2D eigenvalue weighted by atomic mass is 9.92. The minimum Gasteiger partial charge on any atom is -0.393 e. The molecular weight excluding hydrogens is 252 g/mol. The molecule has 1 N–H and O–H groups in total. The molecule has 0 saturated carbocycles. The average molecular weight is 278 g/mol. The highest BCUT2D eigenvalue weighted by Crippen LogP contribution is 2.24. The van der Waals surface area contributed by atoms with E-state index < -0.39 is 0 Å². The molecule has 0 radical (unpaired) electrons. The van der Waals surface area contributed by atoms with Gasteiger partial charge in [0, 0.05) is 25.4 Å². The van der Waals surface area contributed by atoms with Crippen LogP contribution in [-0.2, 0) is 19.4 Å². The minimum atomic E-state index is -0.228. The monoisotopic (exact) mass is 278 g/mol. The second-order valence-electron chi connectivity index (χ2n) is 6.61. The number of nitrogens with zero attached hydrogens (tertiary/aromatic N) is 4. The highest BCUT2D eigenvalue weighted by atomic mass is 16.3. The zero-order valence-electron chi connectivity index (χ0n) is 12.6. The van der Waals surface area contributed by atoms with Crippen molar-refractivity contribution in [1.82, 2.24) is 19.7 Å². The molecule has 1 aromatic rings. The predicted molar refractivity (Wildman–Crippen MR) is 77.5 cm³/mol. The molecule has 1 fully saturated rings. The summed E-state index contributed by atoms with van der Waals surface area (Å²) in [5, 5.41) is 18.3. The van der Waals surface area contributed by atoms with Crippen LogP contribution in [-0.4, -0.2) is 50.0 Å². The van der Waals surface area contributed by atoms with Crippen LogP contribution in [0.4, 0.5) is 0 Å². The molecule has 0 aromatic carbocycles. The summed E-state index contributed by atoms with van der Waals surface area (Å²) in [4.78, 5) is 2.56. The third-order valence-corrected chi connectivity index (χ3v) is 4.86. The van der Waals surface area contributed by atoms with Crippen molar-refractivity contribution in [2.45, 2.75) is 64.6 Å². The summed E-state index contributed by atoms with van der Waals surface area (Å²) in [6.45, 7) is 7.86. The Hall–Kier alpha value is -0.940. The Morgan fingerprint density at radius 3 is 2.60 bits per heavy atom. The third-order valence-electron chi connectivity index (χ3n) is 4.86. The first kappa shape index (κ1) is 14.0. The molecule has 0 spiro atoms. The van der Waals surface area contributed by atoms with Gasteiger partial charge in [0.2, 0.25) is 0 Å². The number of likely N-dealkylation sites (tertiary alicyclic amines) is 1. The normalized spacial score (nSPS) is 25.1. The Balaban J connectivity index is 1.60. The van der Waals surface area contributed by atoms with Crippen LogP contribution in [0.15, 0.2) is 0 Å².